The van der Waals surface area contributed by atoms with Gasteiger partial charge in [-0.15, -0.1) is 0 Å². The van der Waals surface area contributed by atoms with Crippen molar-refractivity contribution < 1.29 is 9.53 Å². The van der Waals surface area contributed by atoms with Crippen LogP contribution in [0.4, 0.5) is 11.6 Å². The van der Waals surface area contributed by atoms with E-state index in [9.17, 15) is 4.79 Å². The number of hydrogen-bond donors (Lipinski definition) is 1. The van der Waals surface area contributed by atoms with Gasteiger partial charge in [-0.25, -0.2) is 4.98 Å². The number of aryl methyl sites for hydroxylation is 2. The molecule has 4 aromatic rings. The molecule has 0 saturated carbocycles. The Morgan fingerprint density at radius 1 is 1.09 bits per heavy atom. The number of nitrogens with one attached hydrogen (secondary N) is 1. The van der Waals surface area contributed by atoms with E-state index in [2.05, 4.69) is 49.3 Å². The molecule has 0 amide bonds. The Hall–Kier alpha value is -3.67. The number of benzene rings is 2. The van der Waals surface area contributed by atoms with Crippen molar-refractivity contribution in [1.29, 1.82) is 0 Å². The first-order valence-corrected chi connectivity index (χ1v) is 10.8. The topological polar surface area (TPSA) is 69.0 Å². The van der Waals surface area contributed by atoms with Crippen LogP contribution in [0.25, 0.3) is 11.0 Å². The molecule has 4 rings (SSSR count). The van der Waals surface area contributed by atoms with E-state index in [1.54, 1.807) is 25.3 Å². The minimum atomic E-state index is 0.0682. The molecule has 0 atom stereocenters. The van der Waals surface area contributed by atoms with E-state index < -0.39 is 0 Å². The van der Waals surface area contributed by atoms with Crippen LogP contribution in [0, 0.1) is 6.92 Å². The summed E-state index contributed by atoms with van der Waals surface area (Å²) in [5.41, 5.74) is 6.16. The molecule has 0 fully saturated rings. The summed E-state index contributed by atoms with van der Waals surface area (Å²) in [5, 5.41) is 3.43. The lowest BCUT2D eigenvalue weighted by atomic mass is 9.98. The van der Waals surface area contributed by atoms with Crippen LogP contribution < -0.4 is 10.1 Å². The number of fused-ring (bicyclic) bond motifs is 1. The lowest BCUT2D eigenvalue weighted by Gasteiger charge is -2.12. The molecule has 2 aromatic carbocycles. The maximum absolute atomic E-state index is 11.4. The second-order valence-electron chi connectivity index (χ2n) is 8.46. The van der Waals surface area contributed by atoms with Gasteiger partial charge in [-0.2, -0.15) is 0 Å². The summed E-state index contributed by atoms with van der Waals surface area (Å²) in [5.74, 6) is 2.65. The SMILES string of the molecule is CC(=O)Cc1cc(Oc2ccc3c(c2)nc(Nc2ccc(C(C)C)c(C)c2)n3C)ccn1. The van der Waals surface area contributed by atoms with Gasteiger partial charge < -0.3 is 14.6 Å². The average Bonchev–Trinajstić information content (AvgIpc) is 3.02. The van der Waals surface area contributed by atoms with E-state index in [4.69, 9.17) is 9.72 Å². The van der Waals surface area contributed by atoms with Crippen molar-refractivity contribution in [2.24, 2.45) is 7.05 Å². The first-order valence-electron chi connectivity index (χ1n) is 10.8. The molecule has 2 heterocycles. The number of anilines is 2. The standard InChI is InChI=1S/C26H28N4O2/c1-16(2)23-8-6-19(12-17(23)3)28-26-29-24-15-21(7-9-25(24)30(26)5)32-22-10-11-27-20(14-22)13-18(4)31/h6-12,14-16H,13H2,1-5H3,(H,28,29). The summed E-state index contributed by atoms with van der Waals surface area (Å²) >= 11 is 0. The zero-order valence-corrected chi connectivity index (χ0v) is 19.1. The Bertz CT molecular complexity index is 1290. The summed E-state index contributed by atoms with van der Waals surface area (Å²) in [7, 11) is 1.99. The molecule has 0 bridgehead atoms. The fraction of sp³-hybridized carbons (Fsp3) is 0.269. The predicted octanol–water partition coefficient (Wildman–Crippen LogP) is 6.07. The molecule has 0 spiro atoms. The number of carbonyl (C=O) groups is 1. The molecule has 6 heteroatoms. The molecule has 0 radical (unpaired) electrons. The third-order valence-corrected chi connectivity index (χ3v) is 5.45. The first-order chi connectivity index (χ1) is 15.3. The molecule has 0 aliphatic rings. The highest BCUT2D eigenvalue weighted by Crippen LogP contribution is 2.29. The Morgan fingerprint density at radius 3 is 2.59 bits per heavy atom. The Balaban J connectivity index is 1.57. The van der Waals surface area contributed by atoms with Gasteiger partial charge in [0.1, 0.15) is 17.3 Å². The summed E-state index contributed by atoms with van der Waals surface area (Å²) in [6.07, 6.45) is 1.95. The summed E-state index contributed by atoms with van der Waals surface area (Å²) in [6.45, 7) is 8.10. The number of pyridine rings is 1. The van der Waals surface area contributed by atoms with Gasteiger partial charge in [0.05, 0.1) is 16.7 Å². The molecule has 164 valence electrons. The van der Waals surface area contributed by atoms with Crippen LogP contribution in [-0.2, 0) is 18.3 Å². The fourth-order valence-corrected chi connectivity index (χ4v) is 3.89. The van der Waals surface area contributed by atoms with E-state index in [1.165, 1.54) is 11.1 Å². The number of hydrogen-bond acceptors (Lipinski definition) is 5. The van der Waals surface area contributed by atoms with Crippen LogP contribution in [0.1, 0.15) is 43.5 Å². The largest absolute Gasteiger partial charge is 0.457 e. The lowest BCUT2D eigenvalue weighted by Crippen LogP contribution is -2.00. The summed E-state index contributed by atoms with van der Waals surface area (Å²) in [4.78, 5) is 20.4. The van der Waals surface area contributed by atoms with Gasteiger partial charge in [-0.3, -0.25) is 9.78 Å². The van der Waals surface area contributed by atoms with Gasteiger partial charge in [0.15, 0.2) is 0 Å². The normalized spacial score (nSPS) is 11.2. The maximum Gasteiger partial charge on any atom is 0.208 e. The van der Waals surface area contributed by atoms with Gasteiger partial charge >= 0.3 is 0 Å². The number of Topliss-reactive ketones (excluding diaryl/α,β-unsaturated/α-hetero) is 1. The number of ketones is 1. The number of imidazole rings is 1. The third-order valence-electron chi connectivity index (χ3n) is 5.45. The molecule has 0 saturated heterocycles. The van der Waals surface area contributed by atoms with E-state index in [1.807, 2.05) is 29.8 Å². The zero-order valence-electron chi connectivity index (χ0n) is 19.1. The minimum Gasteiger partial charge on any atom is -0.457 e. The Labute approximate surface area is 188 Å². The Morgan fingerprint density at radius 2 is 1.88 bits per heavy atom. The Kier molecular flexibility index (Phi) is 5.95. The van der Waals surface area contributed by atoms with Crippen molar-refractivity contribution in [3.05, 3.63) is 71.5 Å². The molecule has 1 N–H and O–H groups in total. The fourth-order valence-electron chi connectivity index (χ4n) is 3.89. The van der Waals surface area contributed by atoms with E-state index in [-0.39, 0.29) is 5.78 Å². The van der Waals surface area contributed by atoms with Crippen LogP contribution in [0.15, 0.2) is 54.7 Å². The number of carbonyl (C=O) groups excluding carboxylic acids is 1. The van der Waals surface area contributed by atoms with Crippen LogP contribution in [0.3, 0.4) is 0 Å². The van der Waals surface area contributed by atoms with Gasteiger partial charge in [-0.1, -0.05) is 19.9 Å². The van der Waals surface area contributed by atoms with Crippen LogP contribution >= 0.6 is 0 Å². The molecule has 0 unspecified atom stereocenters. The predicted molar refractivity (Wildman–Crippen MR) is 128 cm³/mol. The third kappa shape index (κ3) is 4.64. The molecule has 0 aliphatic heterocycles. The molecule has 32 heavy (non-hydrogen) atoms. The molecule has 6 nitrogen and oxygen atoms in total. The van der Waals surface area contributed by atoms with E-state index in [0.717, 1.165) is 22.7 Å². The number of ether oxygens (including phenoxy) is 1. The first kappa shape index (κ1) is 21.6. The monoisotopic (exact) mass is 428 g/mol. The highest BCUT2D eigenvalue weighted by molar-refractivity contribution is 5.81. The van der Waals surface area contributed by atoms with Crippen molar-refractivity contribution >= 4 is 28.5 Å². The number of nitrogens with zero attached hydrogens (tertiary/aromatic N) is 3. The van der Waals surface area contributed by atoms with Gasteiger partial charge in [0.25, 0.3) is 0 Å². The maximum atomic E-state index is 11.4. The van der Waals surface area contributed by atoms with Gasteiger partial charge in [0.2, 0.25) is 5.95 Å². The second kappa shape index (κ2) is 8.83. The highest BCUT2D eigenvalue weighted by atomic mass is 16.5. The van der Waals surface area contributed by atoms with Crippen molar-refractivity contribution in [3.63, 3.8) is 0 Å². The molecular formula is C26H28N4O2. The molecular weight excluding hydrogens is 400 g/mol. The summed E-state index contributed by atoms with van der Waals surface area (Å²) in [6, 6.07) is 15.8. The van der Waals surface area contributed by atoms with E-state index in [0.29, 0.717) is 29.5 Å². The number of rotatable bonds is 7. The number of aromatic nitrogens is 3. The van der Waals surface area contributed by atoms with Gasteiger partial charge in [-0.05, 0) is 61.2 Å². The quantitative estimate of drug-likeness (QED) is 0.387. The van der Waals surface area contributed by atoms with Crippen LogP contribution in [0.2, 0.25) is 0 Å². The molecule has 0 aliphatic carbocycles. The zero-order chi connectivity index (χ0) is 22.8. The second-order valence-corrected chi connectivity index (χ2v) is 8.46. The van der Waals surface area contributed by atoms with Crippen molar-refractivity contribution in [2.45, 2.75) is 40.0 Å². The van der Waals surface area contributed by atoms with Crippen molar-refractivity contribution in [2.75, 3.05) is 5.32 Å². The van der Waals surface area contributed by atoms with Crippen LogP contribution in [-0.4, -0.2) is 20.3 Å². The molecule has 2 aromatic heterocycles. The lowest BCUT2D eigenvalue weighted by molar-refractivity contribution is -0.116. The summed E-state index contributed by atoms with van der Waals surface area (Å²) < 4.78 is 8.04. The van der Waals surface area contributed by atoms with E-state index >= 15 is 0 Å². The van der Waals surface area contributed by atoms with Crippen LogP contribution in [0.5, 0.6) is 11.5 Å². The van der Waals surface area contributed by atoms with Crippen molar-refractivity contribution in [1.82, 2.24) is 14.5 Å². The highest BCUT2D eigenvalue weighted by Gasteiger charge is 2.11. The minimum absolute atomic E-state index is 0.0682. The average molecular weight is 429 g/mol. The van der Waals surface area contributed by atoms with Gasteiger partial charge in [0, 0.05) is 37.5 Å². The van der Waals surface area contributed by atoms with Crippen molar-refractivity contribution in [3.8, 4) is 11.5 Å². The smallest absolute Gasteiger partial charge is 0.208 e.